The molecule has 0 amide bonds. The molecular formula is C17H13NO3. The van der Waals surface area contributed by atoms with E-state index in [-0.39, 0.29) is 11.5 Å². The number of rotatable bonds is 3. The van der Waals surface area contributed by atoms with Crippen molar-refractivity contribution in [1.29, 1.82) is 0 Å². The van der Waals surface area contributed by atoms with Crippen LogP contribution in [0.25, 0.3) is 23.1 Å². The highest BCUT2D eigenvalue weighted by Crippen LogP contribution is 2.15. The molecule has 21 heavy (non-hydrogen) atoms. The van der Waals surface area contributed by atoms with E-state index in [0.29, 0.717) is 10.9 Å². The van der Waals surface area contributed by atoms with Crippen molar-refractivity contribution in [2.24, 2.45) is 0 Å². The average Bonchev–Trinajstić information content (AvgIpc) is 2.53. The molecule has 104 valence electrons. The van der Waals surface area contributed by atoms with Crippen LogP contribution in [-0.2, 0) is 0 Å². The number of hydrogen-bond donors (Lipinski definition) is 0. The van der Waals surface area contributed by atoms with Gasteiger partial charge in [-0.05, 0) is 35.9 Å². The molecule has 4 heteroatoms. The second-order valence-corrected chi connectivity index (χ2v) is 4.47. The maximum Gasteiger partial charge on any atom is 0.347 e. The quantitative estimate of drug-likeness (QED) is 0.737. The molecule has 3 rings (SSSR count). The molecule has 0 radical (unpaired) electrons. The lowest BCUT2D eigenvalue weighted by atomic mass is 10.2. The first-order valence-electron chi connectivity index (χ1n) is 6.48. The van der Waals surface area contributed by atoms with E-state index in [1.807, 2.05) is 36.4 Å². The van der Waals surface area contributed by atoms with Gasteiger partial charge in [0.2, 0.25) is 5.89 Å². The number of nitrogens with zero attached hydrogens (tertiary/aromatic N) is 1. The van der Waals surface area contributed by atoms with Crippen molar-refractivity contribution in [3.8, 4) is 5.75 Å². The fraction of sp³-hybridized carbons (Fsp3) is 0.0588. The molecule has 0 aliphatic carbocycles. The Hall–Kier alpha value is -2.88. The number of aromatic nitrogens is 1. The lowest BCUT2D eigenvalue weighted by molar-refractivity contribution is 0.414. The van der Waals surface area contributed by atoms with Crippen LogP contribution in [0.1, 0.15) is 11.5 Å². The Bertz CT molecular complexity index is 865. The number of fused-ring (bicyclic) bond motifs is 1. The topological polar surface area (TPSA) is 52.3 Å². The minimum atomic E-state index is -0.383. The van der Waals surface area contributed by atoms with Crippen molar-refractivity contribution in [3.05, 3.63) is 70.4 Å². The van der Waals surface area contributed by atoms with Crippen LogP contribution in [0.3, 0.4) is 0 Å². The van der Waals surface area contributed by atoms with Crippen LogP contribution in [0.2, 0.25) is 0 Å². The zero-order valence-corrected chi connectivity index (χ0v) is 11.4. The van der Waals surface area contributed by atoms with Gasteiger partial charge in [0.15, 0.2) is 0 Å². The molecule has 0 N–H and O–H groups in total. The van der Waals surface area contributed by atoms with Crippen LogP contribution < -0.4 is 10.4 Å². The molecule has 0 unspecified atom stereocenters. The van der Waals surface area contributed by atoms with Crippen LogP contribution in [0.15, 0.2) is 57.7 Å². The summed E-state index contributed by atoms with van der Waals surface area (Å²) in [4.78, 5) is 16.2. The van der Waals surface area contributed by atoms with E-state index in [1.54, 1.807) is 31.4 Å². The Morgan fingerprint density at radius 1 is 1.10 bits per heavy atom. The van der Waals surface area contributed by atoms with Crippen molar-refractivity contribution in [1.82, 2.24) is 4.98 Å². The molecule has 3 aromatic rings. The largest absolute Gasteiger partial charge is 0.497 e. The molecule has 0 saturated heterocycles. The minimum Gasteiger partial charge on any atom is -0.497 e. The van der Waals surface area contributed by atoms with Gasteiger partial charge in [0.25, 0.3) is 0 Å². The first-order valence-corrected chi connectivity index (χ1v) is 6.48. The summed E-state index contributed by atoms with van der Waals surface area (Å²) in [5, 5.41) is 0.482. The van der Waals surface area contributed by atoms with Crippen LogP contribution in [0.5, 0.6) is 5.75 Å². The predicted molar refractivity (Wildman–Crippen MR) is 82.2 cm³/mol. The second-order valence-electron chi connectivity index (χ2n) is 4.47. The number of benzene rings is 2. The molecule has 0 spiro atoms. The summed E-state index contributed by atoms with van der Waals surface area (Å²) in [7, 11) is 1.62. The Labute approximate surface area is 121 Å². The van der Waals surface area contributed by atoms with E-state index >= 15 is 0 Å². The van der Waals surface area contributed by atoms with Gasteiger partial charge in [0.1, 0.15) is 5.75 Å². The normalized spacial score (nSPS) is 11.1. The number of para-hydroxylation sites is 1. The van der Waals surface area contributed by atoms with Gasteiger partial charge < -0.3 is 9.15 Å². The van der Waals surface area contributed by atoms with Crippen LogP contribution in [0.4, 0.5) is 0 Å². The highest BCUT2D eigenvalue weighted by Gasteiger charge is 2.02. The first-order chi connectivity index (χ1) is 10.3. The number of methoxy groups -OCH3 is 1. The third-order valence-corrected chi connectivity index (χ3v) is 3.06. The van der Waals surface area contributed by atoms with E-state index in [9.17, 15) is 4.79 Å². The van der Waals surface area contributed by atoms with Crippen LogP contribution in [-0.4, -0.2) is 12.1 Å². The van der Waals surface area contributed by atoms with Crippen molar-refractivity contribution >= 4 is 23.1 Å². The minimum absolute atomic E-state index is 0.279. The molecular weight excluding hydrogens is 266 g/mol. The van der Waals surface area contributed by atoms with Gasteiger partial charge in [-0.25, -0.2) is 9.78 Å². The Morgan fingerprint density at radius 3 is 2.81 bits per heavy atom. The molecule has 0 aliphatic rings. The predicted octanol–water partition coefficient (Wildman–Crippen LogP) is 3.37. The maximum absolute atomic E-state index is 11.9. The van der Waals surface area contributed by atoms with Gasteiger partial charge in [-0.1, -0.05) is 24.3 Å². The lowest BCUT2D eigenvalue weighted by Crippen LogP contribution is -2.02. The third kappa shape index (κ3) is 2.84. The fourth-order valence-electron chi connectivity index (χ4n) is 2.02. The molecule has 1 heterocycles. The second kappa shape index (κ2) is 5.63. The molecule has 4 nitrogen and oxygen atoms in total. The third-order valence-electron chi connectivity index (χ3n) is 3.06. The van der Waals surface area contributed by atoms with Gasteiger partial charge in [0.05, 0.1) is 18.0 Å². The summed E-state index contributed by atoms with van der Waals surface area (Å²) in [6.07, 6.45) is 3.49. The van der Waals surface area contributed by atoms with Gasteiger partial charge in [-0.15, -0.1) is 0 Å². The SMILES string of the molecule is COc1cccc(C=Cc2nc3ccccc3c(=O)o2)c1. The standard InChI is InChI=1S/C17H13NO3/c1-20-13-6-4-5-12(11-13)9-10-16-18-15-8-3-2-7-14(15)17(19)21-16/h2-11H,1H3. The highest BCUT2D eigenvalue weighted by molar-refractivity contribution is 5.78. The summed E-state index contributed by atoms with van der Waals surface area (Å²) < 4.78 is 10.3. The molecule has 0 saturated carbocycles. The van der Waals surface area contributed by atoms with Crippen LogP contribution in [0, 0.1) is 0 Å². The number of ether oxygens (including phenoxy) is 1. The maximum atomic E-state index is 11.9. The van der Waals surface area contributed by atoms with Gasteiger partial charge in [-0.2, -0.15) is 0 Å². The summed E-state index contributed by atoms with van der Waals surface area (Å²) in [5.41, 5.74) is 1.18. The molecule has 0 atom stereocenters. The molecule has 1 aromatic heterocycles. The Morgan fingerprint density at radius 2 is 1.95 bits per heavy atom. The molecule has 0 bridgehead atoms. The summed E-state index contributed by atoms with van der Waals surface area (Å²) in [6, 6.07) is 14.7. The summed E-state index contributed by atoms with van der Waals surface area (Å²) in [6.45, 7) is 0. The fourth-order valence-corrected chi connectivity index (χ4v) is 2.02. The van der Waals surface area contributed by atoms with Gasteiger partial charge in [0, 0.05) is 6.08 Å². The van der Waals surface area contributed by atoms with E-state index in [1.165, 1.54) is 0 Å². The van der Waals surface area contributed by atoms with E-state index < -0.39 is 0 Å². The Balaban J connectivity index is 1.97. The van der Waals surface area contributed by atoms with Crippen molar-refractivity contribution < 1.29 is 9.15 Å². The first kappa shape index (κ1) is 13.1. The van der Waals surface area contributed by atoms with Crippen molar-refractivity contribution in [3.63, 3.8) is 0 Å². The smallest absolute Gasteiger partial charge is 0.347 e. The highest BCUT2D eigenvalue weighted by atomic mass is 16.5. The average molecular weight is 279 g/mol. The van der Waals surface area contributed by atoms with Crippen molar-refractivity contribution in [2.75, 3.05) is 7.11 Å². The van der Waals surface area contributed by atoms with Crippen LogP contribution >= 0.6 is 0 Å². The summed E-state index contributed by atoms with van der Waals surface area (Å²) in [5.74, 6) is 1.05. The molecule has 2 aromatic carbocycles. The monoisotopic (exact) mass is 279 g/mol. The zero-order valence-electron chi connectivity index (χ0n) is 11.4. The lowest BCUT2D eigenvalue weighted by Gasteiger charge is -2.00. The van der Waals surface area contributed by atoms with Gasteiger partial charge in [-0.3, -0.25) is 0 Å². The number of hydrogen-bond acceptors (Lipinski definition) is 4. The van der Waals surface area contributed by atoms with Gasteiger partial charge >= 0.3 is 5.63 Å². The van der Waals surface area contributed by atoms with E-state index in [0.717, 1.165) is 11.3 Å². The van der Waals surface area contributed by atoms with E-state index in [4.69, 9.17) is 9.15 Å². The summed E-state index contributed by atoms with van der Waals surface area (Å²) >= 11 is 0. The molecule has 0 fully saturated rings. The molecule has 0 aliphatic heterocycles. The Kier molecular flexibility index (Phi) is 3.51. The van der Waals surface area contributed by atoms with Crippen molar-refractivity contribution in [2.45, 2.75) is 0 Å². The zero-order chi connectivity index (χ0) is 14.7. The van der Waals surface area contributed by atoms with E-state index in [2.05, 4.69) is 4.98 Å².